The summed E-state index contributed by atoms with van der Waals surface area (Å²) in [6.07, 6.45) is 2.29. The van der Waals surface area contributed by atoms with Crippen LogP contribution in [0.25, 0.3) is 21.8 Å². The second-order valence-electron chi connectivity index (χ2n) is 6.74. The van der Waals surface area contributed by atoms with Crippen LogP contribution in [0.3, 0.4) is 0 Å². The number of rotatable bonds is 6. The molecule has 0 saturated heterocycles. The van der Waals surface area contributed by atoms with Crippen molar-refractivity contribution < 1.29 is 4.79 Å². The fourth-order valence-electron chi connectivity index (χ4n) is 3.32. The van der Waals surface area contributed by atoms with E-state index in [4.69, 9.17) is 0 Å². The molecule has 0 saturated carbocycles. The Labute approximate surface area is 152 Å². The van der Waals surface area contributed by atoms with Crippen LogP contribution < -0.4 is 10.9 Å². The minimum Gasteiger partial charge on any atom is -0.353 e. The third-order valence-electron chi connectivity index (χ3n) is 4.67. The number of carbonyl (C=O) groups excluding carboxylic acids is 1. The van der Waals surface area contributed by atoms with Crippen LogP contribution in [0.2, 0.25) is 0 Å². The van der Waals surface area contributed by atoms with Gasteiger partial charge >= 0.3 is 0 Å². The van der Waals surface area contributed by atoms with Crippen molar-refractivity contribution in [2.24, 2.45) is 7.05 Å². The summed E-state index contributed by atoms with van der Waals surface area (Å²) in [5, 5.41) is 8.86. The number of aromatic nitrogens is 3. The molecule has 1 N–H and O–H groups in total. The van der Waals surface area contributed by atoms with Crippen LogP contribution in [0.1, 0.15) is 19.4 Å². The SMILES string of the molecule is CCC(C(=O)NCCN(C)C)n1c2ccccc2c2cnn(C)c(=O)c21. The van der Waals surface area contributed by atoms with Gasteiger partial charge in [-0.1, -0.05) is 25.1 Å². The first kappa shape index (κ1) is 18.1. The summed E-state index contributed by atoms with van der Waals surface area (Å²) in [5.41, 5.74) is 1.21. The Hall–Kier alpha value is -2.67. The van der Waals surface area contributed by atoms with Crippen LogP contribution >= 0.6 is 0 Å². The number of hydrogen-bond acceptors (Lipinski definition) is 4. The monoisotopic (exact) mass is 355 g/mol. The molecule has 26 heavy (non-hydrogen) atoms. The van der Waals surface area contributed by atoms with Gasteiger partial charge in [-0.15, -0.1) is 0 Å². The quantitative estimate of drug-likeness (QED) is 0.728. The molecule has 1 amide bonds. The van der Waals surface area contributed by atoms with E-state index in [1.54, 1.807) is 13.2 Å². The summed E-state index contributed by atoms with van der Waals surface area (Å²) in [6, 6.07) is 7.32. The molecule has 0 aliphatic carbocycles. The average Bonchev–Trinajstić information content (AvgIpc) is 2.94. The molecule has 1 unspecified atom stereocenters. The lowest BCUT2D eigenvalue weighted by Crippen LogP contribution is -2.37. The molecular formula is C19H25N5O2. The van der Waals surface area contributed by atoms with E-state index in [0.29, 0.717) is 18.5 Å². The maximum absolute atomic E-state index is 12.9. The van der Waals surface area contributed by atoms with E-state index in [1.807, 2.05) is 54.8 Å². The lowest BCUT2D eigenvalue weighted by Gasteiger charge is -2.20. The highest BCUT2D eigenvalue weighted by atomic mass is 16.2. The molecule has 7 heteroatoms. The van der Waals surface area contributed by atoms with Crippen molar-refractivity contribution in [1.82, 2.24) is 24.6 Å². The van der Waals surface area contributed by atoms with Gasteiger partial charge in [-0.25, -0.2) is 4.68 Å². The summed E-state index contributed by atoms with van der Waals surface area (Å²) in [5.74, 6) is -0.0733. The number of hydrogen-bond donors (Lipinski definition) is 1. The van der Waals surface area contributed by atoms with E-state index in [0.717, 1.165) is 22.8 Å². The first-order valence-electron chi connectivity index (χ1n) is 8.83. The third-order valence-corrected chi connectivity index (χ3v) is 4.67. The number of aryl methyl sites for hydroxylation is 1. The van der Waals surface area contributed by atoms with Crippen molar-refractivity contribution in [2.75, 3.05) is 27.2 Å². The van der Waals surface area contributed by atoms with E-state index >= 15 is 0 Å². The van der Waals surface area contributed by atoms with Crippen LogP contribution in [-0.2, 0) is 11.8 Å². The minimum atomic E-state index is -0.449. The van der Waals surface area contributed by atoms with Crippen molar-refractivity contribution in [3.05, 3.63) is 40.8 Å². The Balaban J connectivity index is 2.16. The lowest BCUT2D eigenvalue weighted by atomic mass is 10.2. The van der Waals surface area contributed by atoms with Gasteiger partial charge in [-0.2, -0.15) is 5.10 Å². The van der Waals surface area contributed by atoms with Crippen LogP contribution in [0, 0.1) is 0 Å². The molecule has 2 heterocycles. The zero-order chi connectivity index (χ0) is 18.8. The summed E-state index contributed by atoms with van der Waals surface area (Å²) >= 11 is 0. The summed E-state index contributed by atoms with van der Waals surface area (Å²) in [4.78, 5) is 27.7. The van der Waals surface area contributed by atoms with Gasteiger partial charge < -0.3 is 14.8 Å². The number of nitrogens with one attached hydrogen (secondary N) is 1. The molecule has 2 aromatic heterocycles. The molecule has 0 spiro atoms. The van der Waals surface area contributed by atoms with E-state index in [2.05, 4.69) is 10.4 Å². The molecular weight excluding hydrogens is 330 g/mol. The highest BCUT2D eigenvalue weighted by molar-refractivity contribution is 6.08. The fourth-order valence-corrected chi connectivity index (χ4v) is 3.32. The topological polar surface area (TPSA) is 72.2 Å². The molecule has 0 aliphatic heterocycles. The van der Waals surface area contributed by atoms with Crippen molar-refractivity contribution in [1.29, 1.82) is 0 Å². The maximum Gasteiger partial charge on any atom is 0.291 e. The largest absolute Gasteiger partial charge is 0.353 e. The van der Waals surface area contributed by atoms with Crippen molar-refractivity contribution in [2.45, 2.75) is 19.4 Å². The van der Waals surface area contributed by atoms with E-state index in [9.17, 15) is 9.59 Å². The van der Waals surface area contributed by atoms with Gasteiger partial charge in [0.25, 0.3) is 5.56 Å². The van der Waals surface area contributed by atoms with Gasteiger partial charge in [0.1, 0.15) is 11.6 Å². The van der Waals surface area contributed by atoms with E-state index in [-0.39, 0.29) is 11.5 Å². The summed E-state index contributed by atoms with van der Waals surface area (Å²) in [6.45, 7) is 3.29. The fraction of sp³-hybridized carbons (Fsp3) is 0.421. The van der Waals surface area contributed by atoms with Crippen LogP contribution in [0.5, 0.6) is 0 Å². The molecule has 3 rings (SSSR count). The van der Waals surface area contributed by atoms with Crippen molar-refractivity contribution >= 4 is 27.7 Å². The third kappa shape index (κ3) is 3.10. The van der Waals surface area contributed by atoms with E-state index < -0.39 is 6.04 Å². The number of carbonyl (C=O) groups is 1. The van der Waals surface area contributed by atoms with Gasteiger partial charge in [-0.05, 0) is 26.6 Å². The normalized spacial score (nSPS) is 12.8. The smallest absolute Gasteiger partial charge is 0.291 e. The number of para-hydroxylation sites is 1. The summed E-state index contributed by atoms with van der Waals surface area (Å²) < 4.78 is 3.19. The molecule has 1 atom stereocenters. The predicted octanol–water partition coefficient (Wildman–Crippen LogP) is 1.52. The number of benzene rings is 1. The first-order valence-corrected chi connectivity index (χ1v) is 8.83. The standard InChI is InChI=1S/C19H25N5O2/c1-5-15(18(25)20-10-11-22(2)3)24-16-9-7-6-8-13(16)14-12-21-23(4)19(26)17(14)24/h6-9,12,15H,5,10-11H2,1-4H3,(H,20,25). The van der Waals surface area contributed by atoms with E-state index in [1.165, 1.54) is 4.68 Å². The molecule has 138 valence electrons. The molecule has 0 bridgehead atoms. The van der Waals surface area contributed by atoms with Gasteiger partial charge in [0.15, 0.2) is 0 Å². The van der Waals surface area contributed by atoms with Crippen molar-refractivity contribution in [3.8, 4) is 0 Å². The Morgan fingerprint density at radius 2 is 2.00 bits per heavy atom. The Kier molecular flexibility index (Phi) is 5.08. The van der Waals surface area contributed by atoms with Crippen LogP contribution in [-0.4, -0.2) is 52.3 Å². The number of likely N-dealkylation sites (N-methyl/N-ethyl adjacent to an activating group) is 1. The highest BCUT2D eigenvalue weighted by Gasteiger charge is 2.25. The van der Waals surface area contributed by atoms with Gasteiger partial charge in [0.2, 0.25) is 5.91 Å². The molecule has 3 aromatic rings. The second kappa shape index (κ2) is 7.29. The second-order valence-corrected chi connectivity index (χ2v) is 6.74. The maximum atomic E-state index is 12.9. The number of nitrogens with zero attached hydrogens (tertiary/aromatic N) is 4. The number of fused-ring (bicyclic) bond motifs is 3. The van der Waals surface area contributed by atoms with Crippen LogP contribution in [0.15, 0.2) is 35.3 Å². The van der Waals surface area contributed by atoms with Gasteiger partial charge in [0.05, 0.1) is 11.7 Å². The first-order chi connectivity index (χ1) is 12.5. The molecule has 0 fully saturated rings. The average molecular weight is 355 g/mol. The number of amides is 1. The van der Waals surface area contributed by atoms with Gasteiger partial charge in [0, 0.05) is 30.9 Å². The Morgan fingerprint density at radius 1 is 1.27 bits per heavy atom. The predicted molar refractivity (Wildman–Crippen MR) is 103 cm³/mol. The summed E-state index contributed by atoms with van der Waals surface area (Å²) in [7, 11) is 5.56. The lowest BCUT2D eigenvalue weighted by molar-refractivity contribution is -0.124. The Bertz CT molecular complexity index is 1000. The van der Waals surface area contributed by atoms with Crippen LogP contribution in [0.4, 0.5) is 0 Å². The molecule has 1 aromatic carbocycles. The van der Waals surface area contributed by atoms with Crippen molar-refractivity contribution in [3.63, 3.8) is 0 Å². The highest BCUT2D eigenvalue weighted by Crippen LogP contribution is 2.30. The zero-order valence-electron chi connectivity index (χ0n) is 15.7. The minimum absolute atomic E-state index is 0.0733. The zero-order valence-corrected chi connectivity index (χ0v) is 15.7. The molecule has 7 nitrogen and oxygen atoms in total. The molecule has 0 radical (unpaired) electrons. The Morgan fingerprint density at radius 3 is 2.69 bits per heavy atom. The van der Waals surface area contributed by atoms with Gasteiger partial charge in [-0.3, -0.25) is 9.59 Å². The molecule has 0 aliphatic rings.